The van der Waals surface area contributed by atoms with Crippen LogP contribution in [0.25, 0.3) is 11.0 Å². The fourth-order valence-electron chi connectivity index (χ4n) is 3.54. The third kappa shape index (κ3) is 6.17. The van der Waals surface area contributed by atoms with Crippen molar-refractivity contribution >= 4 is 40.4 Å². The number of fused-ring (bicyclic) bond motifs is 1. The second-order valence-corrected chi connectivity index (χ2v) is 11.4. The molecule has 0 aliphatic heterocycles. The number of aliphatic hydroxyl groups excluding tert-OH is 2. The van der Waals surface area contributed by atoms with Gasteiger partial charge in [-0.05, 0) is 6.42 Å². The number of nitrogens with two attached hydrogens (primary N) is 1. The summed E-state index contributed by atoms with van der Waals surface area (Å²) >= 11 is 0. The number of methoxy groups -OCH3 is 1. The van der Waals surface area contributed by atoms with E-state index >= 15 is 0 Å². The number of nitrogens with zero attached hydrogens (tertiary/aromatic N) is 2. The van der Waals surface area contributed by atoms with Gasteiger partial charge in [-0.2, -0.15) is 13.6 Å². The summed E-state index contributed by atoms with van der Waals surface area (Å²) in [7, 11) is -15.2. The van der Waals surface area contributed by atoms with Gasteiger partial charge in [0.15, 0.2) is 0 Å². The Balaban J connectivity index is 1.73. The van der Waals surface area contributed by atoms with Gasteiger partial charge in [0.25, 0.3) is 0 Å². The van der Waals surface area contributed by atoms with Crippen molar-refractivity contribution in [3.05, 3.63) is 11.8 Å². The van der Waals surface area contributed by atoms with Crippen molar-refractivity contribution in [3.63, 3.8) is 0 Å². The molecule has 1 aliphatic rings. The Morgan fingerprint density at radius 2 is 1.76 bits per heavy atom. The molecule has 17 nitrogen and oxygen atoms in total. The topological polar surface area (TPSA) is 277 Å². The van der Waals surface area contributed by atoms with Gasteiger partial charge in [-0.25, -0.2) is 18.7 Å². The van der Waals surface area contributed by atoms with Crippen LogP contribution in [0.5, 0.6) is 5.88 Å². The van der Waals surface area contributed by atoms with E-state index in [-0.39, 0.29) is 18.2 Å². The number of phosphoric acid groups is 3. The van der Waals surface area contributed by atoms with Gasteiger partial charge < -0.3 is 45.2 Å². The third-order valence-corrected chi connectivity index (χ3v) is 8.60. The Morgan fingerprint density at radius 1 is 1.09 bits per heavy atom. The van der Waals surface area contributed by atoms with Crippen molar-refractivity contribution in [2.24, 2.45) is 5.92 Å². The SMILES string of the molecule is COc1nc(N)nc2c([C@@H]3C[C@H](COP(=O)(O)OP(=O)(O)OP(=O)(O)O)[C@@H](O)[C@H]3O)c[nH]c12. The van der Waals surface area contributed by atoms with Crippen molar-refractivity contribution in [1.82, 2.24) is 15.0 Å². The smallest absolute Gasteiger partial charge is 0.479 e. The maximum atomic E-state index is 11.9. The van der Waals surface area contributed by atoms with Crippen LogP contribution in [0.1, 0.15) is 17.9 Å². The van der Waals surface area contributed by atoms with E-state index < -0.39 is 54.1 Å². The van der Waals surface area contributed by atoms with Gasteiger partial charge in [-0.3, -0.25) is 4.52 Å². The Hall–Kier alpha value is -1.45. The number of ether oxygens (including phenoxy) is 1. The zero-order chi connectivity index (χ0) is 24.8. The molecule has 0 amide bonds. The Bertz CT molecular complexity index is 1170. The average Bonchev–Trinajstić information content (AvgIpc) is 3.18. The molecule has 20 heteroatoms. The highest BCUT2D eigenvalue weighted by Gasteiger charge is 2.46. The maximum Gasteiger partial charge on any atom is 0.490 e. The Labute approximate surface area is 185 Å². The molecule has 3 rings (SSSR count). The zero-order valence-electron chi connectivity index (χ0n) is 16.7. The van der Waals surface area contributed by atoms with Crippen molar-refractivity contribution in [1.29, 1.82) is 0 Å². The van der Waals surface area contributed by atoms with Gasteiger partial charge >= 0.3 is 23.5 Å². The van der Waals surface area contributed by atoms with Gasteiger partial charge in [0.1, 0.15) is 11.0 Å². The molecule has 1 saturated carbocycles. The highest BCUT2D eigenvalue weighted by atomic mass is 31.3. The van der Waals surface area contributed by atoms with Crippen LogP contribution < -0.4 is 10.5 Å². The summed E-state index contributed by atoms with van der Waals surface area (Å²) in [4.78, 5) is 46.8. The van der Waals surface area contributed by atoms with Crippen LogP contribution in [-0.4, -0.2) is 70.7 Å². The number of hydrogen-bond acceptors (Lipinski definition) is 12. The number of aliphatic hydroxyl groups is 2. The molecule has 33 heavy (non-hydrogen) atoms. The summed E-state index contributed by atoms with van der Waals surface area (Å²) in [6, 6.07) is 0. The molecule has 2 heterocycles. The molecule has 6 atom stereocenters. The quantitative estimate of drug-likeness (QED) is 0.192. The number of hydrogen-bond donors (Lipinski definition) is 8. The van der Waals surface area contributed by atoms with Gasteiger partial charge in [-0.15, -0.1) is 0 Å². The van der Waals surface area contributed by atoms with E-state index in [4.69, 9.17) is 20.3 Å². The van der Waals surface area contributed by atoms with Gasteiger partial charge in [0, 0.05) is 23.6 Å². The second-order valence-electron chi connectivity index (χ2n) is 7.03. The number of H-pyrrole nitrogens is 1. The molecule has 2 unspecified atom stereocenters. The van der Waals surface area contributed by atoms with Crippen LogP contribution in [0.15, 0.2) is 6.20 Å². The summed E-state index contributed by atoms with van der Waals surface area (Å²) in [5, 5.41) is 20.9. The summed E-state index contributed by atoms with van der Waals surface area (Å²) < 4.78 is 50.9. The van der Waals surface area contributed by atoms with Crippen LogP contribution in [0.3, 0.4) is 0 Å². The molecule has 0 spiro atoms. The molecular formula is C13H21N4O13P3. The predicted molar refractivity (Wildman–Crippen MR) is 108 cm³/mol. The van der Waals surface area contributed by atoms with Gasteiger partial charge in [-0.1, -0.05) is 0 Å². The molecule has 9 N–H and O–H groups in total. The molecule has 0 bridgehead atoms. The molecule has 1 aliphatic carbocycles. The molecule has 2 aromatic rings. The van der Waals surface area contributed by atoms with E-state index in [0.29, 0.717) is 16.6 Å². The summed E-state index contributed by atoms with van der Waals surface area (Å²) in [6.07, 6.45) is -1.29. The van der Waals surface area contributed by atoms with Crippen LogP contribution in [0.4, 0.5) is 5.95 Å². The summed E-state index contributed by atoms with van der Waals surface area (Å²) in [5.74, 6) is -1.64. The third-order valence-electron chi connectivity index (χ3n) is 4.80. The first-order chi connectivity index (χ1) is 15.1. The molecule has 186 valence electrons. The van der Waals surface area contributed by atoms with E-state index in [9.17, 15) is 33.7 Å². The van der Waals surface area contributed by atoms with E-state index in [2.05, 4.69) is 28.1 Å². The van der Waals surface area contributed by atoms with E-state index in [1.165, 1.54) is 13.3 Å². The van der Waals surface area contributed by atoms with E-state index in [1.54, 1.807) is 0 Å². The zero-order valence-corrected chi connectivity index (χ0v) is 19.3. The summed E-state index contributed by atoms with van der Waals surface area (Å²) in [5.41, 5.74) is 6.84. The van der Waals surface area contributed by atoms with E-state index in [0.717, 1.165) is 0 Å². The molecule has 0 saturated heterocycles. The molecule has 0 aromatic carbocycles. The largest absolute Gasteiger partial charge is 0.490 e. The number of nitrogen functional groups attached to an aromatic ring is 1. The Kier molecular flexibility index (Phi) is 7.37. The molecule has 2 aromatic heterocycles. The van der Waals surface area contributed by atoms with Crippen molar-refractivity contribution in [3.8, 4) is 5.88 Å². The van der Waals surface area contributed by atoms with Gasteiger partial charge in [0.2, 0.25) is 11.8 Å². The lowest BCUT2D eigenvalue weighted by Crippen LogP contribution is -2.29. The minimum absolute atomic E-state index is 0.0112. The first-order valence-electron chi connectivity index (χ1n) is 8.95. The molecule has 1 fully saturated rings. The first kappa shape index (κ1) is 26.2. The van der Waals surface area contributed by atoms with Crippen LogP contribution in [0, 0.1) is 5.92 Å². The number of rotatable bonds is 9. The predicted octanol–water partition coefficient (Wildman–Crippen LogP) is -0.283. The lowest BCUT2D eigenvalue weighted by molar-refractivity contribution is 0.00227. The minimum Gasteiger partial charge on any atom is -0.479 e. The summed E-state index contributed by atoms with van der Waals surface area (Å²) in [6.45, 7) is -0.735. The van der Waals surface area contributed by atoms with Crippen LogP contribution in [-0.2, 0) is 26.8 Å². The number of nitrogens with one attached hydrogen (secondary N) is 1. The van der Waals surface area contributed by atoms with Crippen molar-refractivity contribution < 1.29 is 61.4 Å². The van der Waals surface area contributed by atoms with Crippen molar-refractivity contribution in [2.75, 3.05) is 19.5 Å². The maximum absolute atomic E-state index is 11.9. The highest BCUT2D eigenvalue weighted by molar-refractivity contribution is 7.66. The van der Waals surface area contributed by atoms with Crippen molar-refractivity contribution in [2.45, 2.75) is 24.5 Å². The van der Waals surface area contributed by atoms with E-state index in [1.807, 2.05) is 0 Å². The highest BCUT2D eigenvalue weighted by Crippen LogP contribution is 2.66. The van der Waals surface area contributed by atoms with Gasteiger partial charge in [0.05, 0.1) is 25.9 Å². The number of phosphoric ester groups is 1. The number of anilines is 1. The average molecular weight is 534 g/mol. The Morgan fingerprint density at radius 3 is 2.36 bits per heavy atom. The van der Waals surface area contributed by atoms with Crippen LogP contribution >= 0.6 is 23.5 Å². The fourth-order valence-corrected chi connectivity index (χ4v) is 6.61. The first-order valence-corrected chi connectivity index (χ1v) is 13.5. The monoisotopic (exact) mass is 534 g/mol. The molecular weight excluding hydrogens is 513 g/mol. The minimum atomic E-state index is -5.67. The number of aromatic amines is 1. The van der Waals surface area contributed by atoms with Crippen LogP contribution in [0.2, 0.25) is 0 Å². The number of aromatic nitrogens is 3. The normalized spacial score (nSPS) is 27.4. The fraction of sp³-hybridized carbons (Fsp3) is 0.538. The standard InChI is InChI=1S/C13H21N4O13P3/c1-27-12-9-8(16-13(14)17-12)7(3-15-9)6-2-5(10(18)11(6)19)4-28-32(23,24)30-33(25,26)29-31(20,21)22/h3,5-6,10-11,15,18-19H,2,4H2,1H3,(H,23,24)(H,25,26)(H2,14,16,17)(H2,20,21,22)/t5-,6+,10-,11+/m1/s1. The lowest BCUT2D eigenvalue weighted by Gasteiger charge is -2.19. The second kappa shape index (κ2) is 9.30. The molecule has 0 radical (unpaired) electrons. The lowest BCUT2D eigenvalue weighted by atomic mass is 9.96.